The van der Waals surface area contributed by atoms with Crippen molar-refractivity contribution in [1.82, 2.24) is 10.3 Å². The molecule has 4 nitrogen and oxygen atoms in total. The number of nitrogens with zero attached hydrogens (tertiary/aromatic N) is 1. The van der Waals surface area contributed by atoms with Crippen LogP contribution in [0.4, 0.5) is 0 Å². The highest BCUT2D eigenvalue weighted by Crippen LogP contribution is 2.30. The van der Waals surface area contributed by atoms with Crippen LogP contribution in [0.15, 0.2) is 0 Å². The minimum absolute atomic E-state index is 0.331. The van der Waals surface area contributed by atoms with E-state index < -0.39 is 0 Å². The molecule has 1 aromatic rings. The summed E-state index contributed by atoms with van der Waals surface area (Å²) in [5, 5.41) is 4.51. The Labute approximate surface area is 105 Å². The Balaban J connectivity index is 2.14. The van der Waals surface area contributed by atoms with E-state index in [1.54, 1.807) is 11.3 Å². The summed E-state index contributed by atoms with van der Waals surface area (Å²) in [6.45, 7) is 5.07. The zero-order chi connectivity index (χ0) is 12.4. The molecular formula is C12H18N2O2S. The molecular weight excluding hydrogens is 236 g/mol. The van der Waals surface area contributed by atoms with Crippen LogP contribution in [-0.2, 0) is 4.74 Å². The number of aryl methyl sites for hydroxylation is 1. The zero-order valence-corrected chi connectivity index (χ0v) is 11.3. The van der Waals surface area contributed by atoms with Crippen LogP contribution in [0, 0.1) is 6.92 Å². The molecule has 0 spiro atoms. The number of thiazole rings is 1. The number of piperidine rings is 1. The molecule has 0 unspecified atom stereocenters. The average Bonchev–Trinajstić information content (AvgIpc) is 2.71. The second-order valence-electron chi connectivity index (χ2n) is 4.53. The first-order chi connectivity index (χ1) is 8.11. The summed E-state index contributed by atoms with van der Waals surface area (Å²) in [4.78, 5) is 16.9. The Morgan fingerprint density at radius 1 is 1.53 bits per heavy atom. The van der Waals surface area contributed by atoms with Crippen LogP contribution in [0.2, 0.25) is 0 Å². The fourth-order valence-corrected chi connectivity index (χ4v) is 3.13. The number of carbonyl (C=O) groups is 1. The quantitative estimate of drug-likeness (QED) is 0.821. The van der Waals surface area contributed by atoms with E-state index in [4.69, 9.17) is 4.74 Å². The van der Waals surface area contributed by atoms with Crippen molar-refractivity contribution in [1.29, 1.82) is 0 Å². The Kier molecular flexibility index (Phi) is 3.79. The molecule has 1 aliphatic heterocycles. The molecule has 0 aromatic carbocycles. The van der Waals surface area contributed by atoms with Gasteiger partial charge in [-0.05, 0) is 26.7 Å². The lowest BCUT2D eigenvalue weighted by molar-refractivity contribution is 0.0594. The zero-order valence-electron chi connectivity index (χ0n) is 10.4. The Bertz CT molecular complexity index is 409. The minimum Gasteiger partial charge on any atom is -0.464 e. The number of ether oxygens (including phenoxy) is 1. The lowest BCUT2D eigenvalue weighted by Gasteiger charge is -2.26. The minimum atomic E-state index is -0.331. The van der Waals surface area contributed by atoms with Crippen LogP contribution < -0.4 is 5.32 Å². The molecule has 1 N–H and O–H groups in total. The van der Waals surface area contributed by atoms with Crippen LogP contribution in [0.5, 0.6) is 0 Å². The number of nitrogens with one attached hydrogen (secondary N) is 1. The van der Waals surface area contributed by atoms with Crippen molar-refractivity contribution in [2.24, 2.45) is 0 Å². The van der Waals surface area contributed by atoms with Gasteiger partial charge in [0.15, 0.2) is 5.69 Å². The maximum absolute atomic E-state index is 11.5. The molecule has 0 aliphatic carbocycles. The molecule has 0 bridgehead atoms. The van der Waals surface area contributed by atoms with Crippen molar-refractivity contribution in [3.8, 4) is 0 Å². The van der Waals surface area contributed by atoms with E-state index in [0.717, 1.165) is 29.3 Å². The van der Waals surface area contributed by atoms with Gasteiger partial charge < -0.3 is 10.1 Å². The maximum atomic E-state index is 11.5. The number of methoxy groups -OCH3 is 1. The lowest BCUT2D eigenvalue weighted by atomic mass is 9.96. The van der Waals surface area contributed by atoms with E-state index in [9.17, 15) is 4.79 Å². The molecule has 5 heteroatoms. The van der Waals surface area contributed by atoms with Gasteiger partial charge >= 0.3 is 5.97 Å². The number of carbonyl (C=O) groups excluding carboxylic acids is 1. The second kappa shape index (κ2) is 5.14. The fraction of sp³-hybridized carbons (Fsp3) is 0.667. The Morgan fingerprint density at radius 2 is 2.29 bits per heavy atom. The largest absolute Gasteiger partial charge is 0.464 e. The van der Waals surface area contributed by atoms with Crippen LogP contribution >= 0.6 is 11.3 Å². The highest BCUT2D eigenvalue weighted by molar-refractivity contribution is 7.12. The molecule has 2 heterocycles. The van der Waals surface area contributed by atoms with E-state index in [-0.39, 0.29) is 5.97 Å². The maximum Gasteiger partial charge on any atom is 0.357 e. The van der Waals surface area contributed by atoms with Gasteiger partial charge in [0.05, 0.1) is 12.1 Å². The van der Waals surface area contributed by atoms with Gasteiger partial charge in [0, 0.05) is 23.4 Å². The predicted octanol–water partition coefficient (Wildman–Crippen LogP) is 2.09. The monoisotopic (exact) mass is 254 g/mol. The first-order valence-corrected chi connectivity index (χ1v) is 6.72. The number of aromatic nitrogens is 1. The summed E-state index contributed by atoms with van der Waals surface area (Å²) in [7, 11) is 1.39. The highest BCUT2D eigenvalue weighted by Gasteiger charge is 2.24. The van der Waals surface area contributed by atoms with Crippen LogP contribution in [-0.4, -0.2) is 30.6 Å². The van der Waals surface area contributed by atoms with Crippen molar-refractivity contribution in [3.05, 3.63) is 15.6 Å². The topological polar surface area (TPSA) is 51.2 Å². The van der Waals surface area contributed by atoms with Gasteiger partial charge in [-0.25, -0.2) is 9.78 Å². The number of hydrogen-bond acceptors (Lipinski definition) is 5. The van der Waals surface area contributed by atoms with E-state index >= 15 is 0 Å². The normalized spacial score (nSPS) is 24.6. The fourth-order valence-electron chi connectivity index (χ4n) is 2.09. The van der Waals surface area contributed by atoms with Crippen LogP contribution in [0.25, 0.3) is 0 Å². The lowest BCUT2D eigenvalue weighted by Crippen LogP contribution is -2.35. The Hall–Kier alpha value is -0.940. The van der Waals surface area contributed by atoms with E-state index in [1.165, 1.54) is 7.11 Å². The summed E-state index contributed by atoms with van der Waals surface area (Å²) in [5.74, 6) is 0.107. The van der Waals surface area contributed by atoms with E-state index in [2.05, 4.69) is 17.2 Å². The molecule has 0 saturated carbocycles. The first-order valence-electron chi connectivity index (χ1n) is 5.90. The van der Waals surface area contributed by atoms with Gasteiger partial charge in [-0.1, -0.05) is 0 Å². The predicted molar refractivity (Wildman–Crippen MR) is 67.6 cm³/mol. The Morgan fingerprint density at radius 3 is 2.88 bits per heavy atom. The first kappa shape index (κ1) is 12.5. The molecule has 1 aliphatic rings. The smallest absolute Gasteiger partial charge is 0.357 e. The third-order valence-electron chi connectivity index (χ3n) is 3.20. The van der Waals surface area contributed by atoms with Gasteiger partial charge in [-0.15, -0.1) is 11.3 Å². The molecule has 0 amide bonds. The van der Waals surface area contributed by atoms with E-state index in [0.29, 0.717) is 17.7 Å². The van der Waals surface area contributed by atoms with Crippen molar-refractivity contribution in [2.45, 2.75) is 38.6 Å². The molecule has 2 atom stereocenters. The molecule has 2 rings (SSSR count). The average molecular weight is 254 g/mol. The number of rotatable bonds is 2. The second-order valence-corrected chi connectivity index (χ2v) is 5.77. The highest BCUT2D eigenvalue weighted by atomic mass is 32.1. The van der Waals surface area contributed by atoms with Crippen molar-refractivity contribution in [2.75, 3.05) is 13.7 Å². The standard InChI is InChI=1S/C12H18N2O2S/c1-7-4-5-9(6-13-7)11-14-10(8(2)17-11)12(15)16-3/h7,9,13H,4-6H2,1-3H3/t7-,9-/m1/s1. The van der Waals surface area contributed by atoms with Crippen LogP contribution in [0.3, 0.4) is 0 Å². The summed E-state index contributed by atoms with van der Waals surface area (Å²) < 4.78 is 4.72. The van der Waals surface area contributed by atoms with Gasteiger partial charge in [0.25, 0.3) is 0 Å². The van der Waals surface area contributed by atoms with Crippen molar-refractivity contribution in [3.63, 3.8) is 0 Å². The SMILES string of the molecule is COC(=O)c1nc([C@@H]2CC[C@@H](C)NC2)sc1C. The van der Waals surface area contributed by atoms with Crippen molar-refractivity contribution >= 4 is 17.3 Å². The molecule has 94 valence electrons. The van der Waals surface area contributed by atoms with Gasteiger partial charge in [-0.3, -0.25) is 0 Å². The number of hydrogen-bond donors (Lipinski definition) is 1. The summed E-state index contributed by atoms with van der Waals surface area (Å²) in [6, 6.07) is 0.590. The molecule has 0 radical (unpaired) electrons. The van der Waals surface area contributed by atoms with Crippen molar-refractivity contribution < 1.29 is 9.53 Å². The molecule has 1 fully saturated rings. The molecule has 1 saturated heterocycles. The summed E-state index contributed by atoms with van der Waals surface area (Å²) in [6.07, 6.45) is 2.30. The summed E-state index contributed by atoms with van der Waals surface area (Å²) >= 11 is 1.61. The van der Waals surface area contributed by atoms with E-state index in [1.807, 2.05) is 6.92 Å². The number of esters is 1. The van der Waals surface area contributed by atoms with Gasteiger partial charge in [-0.2, -0.15) is 0 Å². The van der Waals surface area contributed by atoms with Gasteiger partial charge in [0.1, 0.15) is 0 Å². The summed E-state index contributed by atoms with van der Waals surface area (Å²) in [5.41, 5.74) is 0.478. The molecule has 17 heavy (non-hydrogen) atoms. The molecule has 1 aromatic heterocycles. The third kappa shape index (κ3) is 2.66. The van der Waals surface area contributed by atoms with Gasteiger partial charge in [0.2, 0.25) is 0 Å². The van der Waals surface area contributed by atoms with Crippen LogP contribution in [0.1, 0.15) is 46.1 Å². The third-order valence-corrected chi connectivity index (χ3v) is 4.34.